The second kappa shape index (κ2) is 15.0. The summed E-state index contributed by atoms with van der Waals surface area (Å²) in [5, 5.41) is 1.17. The number of nitrogens with zero attached hydrogens (tertiary/aromatic N) is 4. The average molecular weight is 747 g/mol. The van der Waals surface area contributed by atoms with Gasteiger partial charge in [0, 0.05) is 44.6 Å². The molecular weight excluding hydrogens is 705 g/mol. The molecule has 0 unspecified atom stereocenters. The van der Waals surface area contributed by atoms with Gasteiger partial charge in [-0.3, -0.25) is 0 Å². The fraction of sp³-hybridized carbons (Fsp3) is 0.0741. The van der Waals surface area contributed by atoms with Crippen molar-refractivity contribution in [2.45, 2.75) is 26.7 Å². The number of fused-ring (bicyclic) bond motifs is 7. The van der Waals surface area contributed by atoms with Gasteiger partial charge in [0.15, 0.2) is 5.82 Å². The van der Waals surface area contributed by atoms with Crippen LogP contribution in [0, 0.1) is 0 Å². The van der Waals surface area contributed by atoms with Gasteiger partial charge >= 0.3 is 0 Å². The highest BCUT2D eigenvalue weighted by Gasteiger charge is 2.31. The van der Waals surface area contributed by atoms with E-state index in [1.54, 1.807) is 0 Å². The van der Waals surface area contributed by atoms with Gasteiger partial charge in [-0.25, -0.2) is 9.97 Å². The minimum atomic E-state index is 0.728. The Morgan fingerprint density at radius 3 is 1.88 bits per heavy atom. The molecule has 0 fully saturated rings. The van der Waals surface area contributed by atoms with Gasteiger partial charge in [-0.1, -0.05) is 146 Å². The average Bonchev–Trinajstić information content (AvgIpc) is 3.57. The van der Waals surface area contributed by atoms with Crippen molar-refractivity contribution in [3.63, 3.8) is 0 Å². The molecule has 0 radical (unpaired) electrons. The minimum Gasteiger partial charge on any atom is -0.313 e. The maximum atomic E-state index is 5.29. The molecule has 278 valence electrons. The van der Waals surface area contributed by atoms with Crippen molar-refractivity contribution in [2.24, 2.45) is 0 Å². The molecule has 4 heteroatoms. The highest BCUT2D eigenvalue weighted by Crippen LogP contribution is 2.54. The predicted molar refractivity (Wildman–Crippen MR) is 244 cm³/mol. The summed E-state index contributed by atoms with van der Waals surface area (Å²) in [6.45, 7) is 4.27. The van der Waals surface area contributed by atoms with Crippen LogP contribution in [-0.2, 0) is 0 Å². The summed E-state index contributed by atoms with van der Waals surface area (Å²) in [7, 11) is 0. The maximum Gasteiger partial charge on any atom is 0.160 e. The lowest BCUT2D eigenvalue weighted by atomic mass is 9.91. The molecular formula is C54H42N4. The van der Waals surface area contributed by atoms with Crippen LogP contribution in [0.4, 0.5) is 17.1 Å². The van der Waals surface area contributed by atoms with E-state index >= 15 is 0 Å². The number of benzene rings is 6. The first-order chi connectivity index (χ1) is 28.7. The smallest absolute Gasteiger partial charge is 0.160 e. The molecule has 10 rings (SSSR count). The third-order valence-corrected chi connectivity index (χ3v) is 11.4. The van der Waals surface area contributed by atoms with Crippen molar-refractivity contribution < 1.29 is 0 Å². The lowest BCUT2D eigenvalue weighted by Gasteiger charge is -2.27. The molecule has 2 aliphatic rings. The topological polar surface area (TPSA) is 34.0 Å². The lowest BCUT2D eigenvalue weighted by Crippen LogP contribution is -2.11. The summed E-state index contributed by atoms with van der Waals surface area (Å²) < 4.78 is 2.45. The van der Waals surface area contributed by atoms with Crippen molar-refractivity contribution in [1.82, 2.24) is 14.5 Å². The zero-order chi connectivity index (χ0) is 39.0. The summed E-state index contributed by atoms with van der Waals surface area (Å²) in [4.78, 5) is 12.9. The van der Waals surface area contributed by atoms with E-state index in [2.05, 4.69) is 211 Å². The molecule has 8 aromatic rings. The standard InChI is InChI=1S/C54H42N4/c1-3-4-18-37(2)57-51-34-33-42(48-36-47(55-54(56-48)41-21-10-6-11-22-41)40-31-29-39(30-32-40)38-19-8-5-9-20-38)35-46(51)52-44-25-14-16-27-49(44)58(43-23-12-7-13-24-43)50-28-17-15-26-45(50)53(52)57/h3-29,31,33-36H,30,32H2,1-2H3/b4-3-,37-18+. The van der Waals surface area contributed by atoms with Gasteiger partial charge in [0.1, 0.15) is 0 Å². The molecule has 3 heterocycles. The number of hydrogen-bond acceptors (Lipinski definition) is 3. The quantitative estimate of drug-likeness (QED) is 0.152. The van der Waals surface area contributed by atoms with E-state index in [4.69, 9.17) is 9.97 Å². The Hall–Kier alpha value is -7.30. The molecule has 0 N–H and O–H groups in total. The number of aromatic nitrogens is 3. The molecule has 0 amide bonds. The maximum absolute atomic E-state index is 5.29. The summed E-state index contributed by atoms with van der Waals surface area (Å²) in [6, 6.07) is 58.5. The van der Waals surface area contributed by atoms with Crippen LogP contribution in [0.3, 0.4) is 0 Å². The molecule has 0 spiro atoms. The van der Waals surface area contributed by atoms with Gasteiger partial charge in [0.25, 0.3) is 0 Å². The van der Waals surface area contributed by atoms with Gasteiger partial charge in [-0.15, -0.1) is 0 Å². The number of para-hydroxylation sites is 3. The predicted octanol–water partition coefficient (Wildman–Crippen LogP) is 14.6. The Labute approximate surface area is 340 Å². The Balaban J connectivity index is 1.22. The van der Waals surface area contributed by atoms with Crippen molar-refractivity contribution in [1.29, 1.82) is 0 Å². The van der Waals surface area contributed by atoms with Crippen LogP contribution in [0.15, 0.2) is 194 Å². The Morgan fingerprint density at radius 2 is 1.17 bits per heavy atom. The molecule has 0 atom stereocenters. The zero-order valence-corrected chi connectivity index (χ0v) is 32.7. The third kappa shape index (κ3) is 6.20. The first kappa shape index (κ1) is 35.1. The number of anilines is 3. The molecule has 0 bridgehead atoms. The van der Waals surface area contributed by atoms with Gasteiger partial charge in [-0.2, -0.15) is 0 Å². The molecule has 58 heavy (non-hydrogen) atoms. The number of rotatable bonds is 7. The van der Waals surface area contributed by atoms with Crippen LogP contribution >= 0.6 is 0 Å². The van der Waals surface area contributed by atoms with Crippen LogP contribution < -0.4 is 4.90 Å². The van der Waals surface area contributed by atoms with Gasteiger partial charge in [0.2, 0.25) is 0 Å². The first-order valence-corrected chi connectivity index (χ1v) is 20.1. The number of hydrogen-bond donors (Lipinski definition) is 0. The Morgan fingerprint density at radius 1 is 0.569 bits per heavy atom. The molecule has 2 aromatic heterocycles. The minimum absolute atomic E-state index is 0.728. The molecule has 1 aliphatic carbocycles. The van der Waals surface area contributed by atoms with E-state index in [9.17, 15) is 0 Å². The summed E-state index contributed by atoms with van der Waals surface area (Å²) >= 11 is 0. The van der Waals surface area contributed by atoms with Crippen LogP contribution in [0.2, 0.25) is 0 Å². The lowest BCUT2D eigenvalue weighted by molar-refractivity contribution is 1.04. The molecule has 0 saturated carbocycles. The summed E-state index contributed by atoms with van der Waals surface area (Å²) in [5.41, 5.74) is 18.2. The first-order valence-electron chi connectivity index (χ1n) is 20.1. The van der Waals surface area contributed by atoms with E-state index in [-0.39, 0.29) is 0 Å². The molecule has 0 saturated heterocycles. The SMILES string of the molecule is C/C=C\C=C(/C)n1c2c(c3cc(-c4cc(C5=CC=C(c6ccccc6)CC5)nc(-c5ccccc5)n4)ccc31)-c1ccccc1N(c1ccccc1)c1ccccc1-2. The van der Waals surface area contributed by atoms with E-state index in [1.165, 1.54) is 44.5 Å². The Bertz CT molecular complexity index is 2950. The second-order valence-corrected chi connectivity index (χ2v) is 14.9. The number of allylic oxidation sites excluding steroid dienone is 8. The third-order valence-electron chi connectivity index (χ3n) is 11.4. The highest BCUT2D eigenvalue weighted by molar-refractivity contribution is 6.14. The van der Waals surface area contributed by atoms with Crippen LogP contribution in [0.1, 0.15) is 37.9 Å². The van der Waals surface area contributed by atoms with E-state index in [0.717, 1.165) is 69.5 Å². The van der Waals surface area contributed by atoms with Gasteiger partial charge in [0.05, 0.1) is 34.0 Å². The largest absolute Gasteiger partial charge is 0.313 e. The highest BCUT2D eigenvalue weighted by atomic mass is 15.2. The Kier molecular flexibility index (Phi) is 9.08. The summed E-state index contributed by atoms with van der Waals surface area (Å²) in [5.74, 6) is 0.728. The van der Waals surface area contributed by atoms with E-state index in [1.807, 2.05) is 6.07 Å². The molecule has 4 nitrogen and oxygen atoms in total. The molecule has 6 aromatic carbocycles. The monoisotopic (exact) mass is 746 g/mol. The second-order valence-electron chi connectivity index (χ2n) is 14.9. The van der Waals surface area contributed by atoms with Crippen molar-refractivity contribution in [2.75, 3.05) is 4.90 Å². The van der Waals surface area contributed by atoms with E-state index < -0.39 is 0 Å². The van der Waals surface area contributed by atoms with Gasteiger partial charge < -0.3 is 9.47 Å². The zero-order valence-electron chi connectivity index (χ0n) is 32.7. The van der Waals surface area contributed by atoms with Crippen LogP contribution in [0.25, 0.3) is 72.8 Å². The normalized spacial score (nSPS) is 13.8. The van der Waals surface area contributed by atoms with Crippen molar-refractivity contribution in [3.05, 3.63) is 205 Å². The van der Waals surface area contributed by atoms with Gasteiger partial charge in [-0.05, 0) is 91.9 Å². The van der Waals surface area contributed by atoms with Crippen molar-refractivity contribution >= 4 is 44.8 Å². The van der Waals surface area contributed by atoms with E-state index in [0.29, 0.717) is 0 Å². The fourth-order valence-corrected chi connectivity index (χ4v) is 8.61. The molecule has 1 aliphatic heterocycles. The van der Waals surface area contributed by atoms with Crippen LogP contribution in [-0.4, -0.2) is 14.5 Å². The fourth-order valence-electron chi connectivity index (χ4n) is 8.61. The van der Waals surface area contributed by atoms with Crippen LogP contribution in [0.5, 0.6) is 0 Å². The summed E-state index contributed by atoms with van der Waals surface area (Å²) in [6.07, 6.45) is 12.8. The van der Waals surface area contributed by atoms with Crippen molar-refractivity contribution in [3.8, 4) is 45.0 Å².